The van der Waals surface area contributed by atoms with Crippen LogP contribution in [0.15, 0.2) is 29.6 Å². The second kappa shape index (κ2) is 7.51. The Hall–Kier alpha value is -1.97. The fourth-order valence-corrected chi connectivity index (χ4v) is 3.18. The van der Waals surface area contributed by atoms with Gasteiger partial charge in [0.25, 0.3) is 0 Å². The third-order valence-electron chi connectivity index (χ3n) is 3.71. The summed E-state index contributed by atoms with van der Waals surface area (Å²) in [7, 11) is 0. The van der Waals surface area contributed by atoms with Crippen molar-refractivity contribution in [2.24, 2.45) is 0 Å². The number of rotatable bonds is 4. The molecule has 0 radical (unpaired) electrons. The predicted molar refractivity (Wildman–Crippen MR) is 88.4 cm³/mol. The lowest BCUT2D eigenvalue weighted by molar-refractivity contribution is -0.137. The quantitative estimate of drug-likeness (QED) is 0.897. The Balaban J connectivity index is 1.65. The van der Waals surface area contributed by atoms with Gasteiger partial charge in [0.1, 0.15) is 0 Å². The summed E-state index contributed by atoms with van der Waals surface area (Å²) < 4.78 is 43.6. The summed E-state index contributed by atoms with van der Waals surface area (Å²) in [5, 5.41) is 4.68. The number of anilines is 1. The summed E-state index contributed by atoms with van der Waals surface area (Å²) in [6, 6.07) is 4.97. The molecule has 25 heavy (non-hydrogen) atoms. The van der Waals surface area contributed by atoms with Gasteiger partial charge in [-0.3, -0.25) is 9.69 Å². The third kappa shape index (κ3) is 4.77. The predicted octanol–water partition coefficient (Wildman–Crippen LogP) is 3.10. The van der Waals surface area contributed by atoms with E-state index in [4.69, 9.17) is 4.74 Å². The summed E-state index contributed by atoms with van der Waals surface area (Å²) in [5.41, 5.74) is 0.0356. The number of ether oxygens (including phenoxy) is 1. The number of carbonyl (C=O) groups excluding carboxylic acids is 1. The number of aromatic nitrogens is 1. The van der Waals surface area contributed by atoms with E-state index in [9.17, 15) is 18.0 Å². The lowest BCUT2D eigenvalue weighted by atomic mass is 10.1. The van der Waals surface area contributed by atoms with Crippen molar-refractivity contribution in [1.82, 2.24) is 9.88 Å². The maximum Gasteiger partial charge on any atom is 0.416 e. The molecule has 2 heterocycles. The molecule has 134 valence electrons. The molecule has 5 nitrogen and oxygen atoms in total. The highest BCUT2D eigenvalue weighted by Gasteiger charge is 2.30. The molecule has 0 spiro atoms. The molecule has 1 saturated heterocycles. The highest BCUT2D eigenvalue weighted by atomic mass is 32.1. The molecule has 1 aromatic carbocycles. The molecule has 2 aromatic rings. The van der Waals surface area contributed by atoms with Crippen LogP contribution in [0.3, 0.4) is 0 Å². The lowest BCUT2D eigenvalue weighted by Crippen LogP contribution is -2.41. The standard InChI is InChI=1S/C16H16F3N3O2S/c17-16(18,19)12-3-1-2-11(8-12)13-10-25-15(20-13)21-14(23)9-22-4-6-24-7-5-22/h1-3,8,10H,4-7,9H2,(H,20,21,23). The van der Waals surface area contributed by atoms with Gasteiger partial charge in [-0.15, -0.1) is 11.3 Å². The number of nitrogens with one attached hydrogen (secondary N) is 1. The second-order valence-electron chi connectivity index (χ2n) is 5.55. The number of morpholine rings is 1. The molecule has 0 atom stereocenters. The van der Waals surface area contributed by atoms with Crippen molar-refractivity contribution in [2.75, 3.05) is 38.2 Å². The maximum absolute atomic E-state index is 12.8. The zero-order valence-electron chi connectivity index (χ0n) is 13.2. The van der Waals surface area contributed by atoms with Crippen molar-refractivity contribution in [1.29, 1.82) is 0 Å². The van der Waals surface area contributed by atoms with Gasteiger partial charge in [0.05, 0.1) is 31.0 Å². The van der Waals surface area contributed by atoms with E-state index < -0.39 is 11.7 Å². The van der Waals surface area contributed by atoms with Gasteiger partial charge in [-0.1, -0.05) is 12.1 Å². The van der Waals surface area contributed by atoms with Gasteiger partial charge in [0, 0.05) is 24.0 Å². The first kappa shape index (κ1) is 17.8. The first-order chi connectivity index (χ1) is 11.9. The summed E-state index contributed by atoms with van der Waals surface area (Å²) >= 11 is 1.18. The zero-order chi connectivity index (χ0) is 17.9. The minimum Gasteiger partial charge on any atom is -0.379 e. The topological polar surface area (TPSA) is 54.5 Å². The molecule has 9 heteroatoms. The van der Waals surface area contributed by atoms with Crippen molar-refractivity contribution in [3.63, 3.8) is 0 Å². The van der Waals surface area contributed by atoms with E-state index in [1.54, 1.807) is 11.4 Å². The minimum atomic E-state index is -4.40. The van der Waals surface area contributed by atoms with Crippen molar-refractivity contribution in [2.45, 2.75) is 6.18 Å². The third-order valence-corrected chi connectivity index (χ3v) is 4.46. The fourth-order valence-electron chi connectivity index (χ4n) is 2.44. The number of hydrogen-bond donors (Lipinski definition) is 1. The van der Waals surface area contributed by atoms with Crippen molar-refractivity contribution in [3.05, 3.63) is 35.2 Å². The van der Waals surface area contributed by atoms with Crippen LogP contribution in [0, 0.1) is 0 Å². The number of benzene rings is 1. The van der Waals surface area contributed by atoms with Crippen molar-refractivity contribution < 1.29 is 22.7 Å². The zero-order valence-corrected chi connectivity index (χ0v) is 14.0. The normalized spacial score (nSPS) is 16.0. The average molecular weight is 371 g/mol. The lowest BCUT2D eigenvalue weighted by Gasteiger charge is -2.25. The first-order valence-corrected chi connectivity index (χ1v) is 8.53. The van der Waals surface area contributed by atoms with E-state index in [0.29, 0.717) is 42.7 Å². The van der Waals surface area contributed by atoms with Gasteiger partial charge in [0.15, 0.2) is 5.13 Å². The molecule has 1 N–H and O–H groups in total. The molecule has 0 bridgehead atoms. The van der Waals surface area contributed by atoms with E-state index in [-0.39, 0.29) is 12.5 Å². The molecule has 3 rings (SSSR count). The highest BCUT2D eigenvalue weighted by molar-refractivity contribution is 7.14. The van der Waals surface area contributed by atoms with Crippen LogP contribution < -0.4 is 5.32 Å². The number of nitrogens with zero attached hydrogens (tertiary/aromatic N) is 2. The molecule has 1 aliphatic rings. The molecule has 1 fully saturated rings. The van der Waals surface area contributed by atoms with Crippen LogP contribution in [-0.4, -0.2) is 48.6 Å². The van der Waals surface area contributed by atoms with Crippen LogP contribution in [0.2, 0.25) is 0 Å². The van der Waals surface area contributed by atoms with Gasteiger partial charge < -0.3 is 10.1 Å². The van der Waals surface area contributed by atoms with E-state index in [2.05, 4.69) is 10.3 Å². The monoisotopic (exact) mass is 371 g/mol. The van der Waals surface area contributed by atoms with E-state index in [1.807, 2.05) is 4.90 Å². The fraction of sp³-hybridized carbons (Fsp3) is 0.375. The Kier molecular flexibility index (Phi) is 5.36. The average Bonchev–Trinajstić information content (AvgIpc) is 3.03. The summed E-state index contributed by atoms with van der Waals surface area (Å²) in [6.45, 7) is 2.83. The summed E-state index contributed by atoms with van der Waals surface area (Å²) in [6.07, 6.45) is -4.40. The number of alkyl halides is 3. The molecule has 0 aliphatic carbocycles. The van der Waals surface area contributed by atoms with Crippen molar-refractivity contribution >= 4 is 22.4 Å². The molecule has 1 aromatic heterocycles. The van der Waals surface area contributed by atoms with E-state index in [1.165, 1.54) is 17.4 Å². The Morgan fingerprint density at radius 1 is 1.32 bits per heavy atom. The molecule has 0 unspecified atom stereocenters. The van der Waals surface area contributed by atoms with Crippen LogP contribution in [0.5, 0.6) is 0 Å². The van der Waals surface area contributed by atoms with Gasteiger partial charge in [0.2, 0.25) is 5.91 Å². The SMILES string of the molecule is O=C(CN1CCOCC1)Nc1nc(-c2cccc(C(F)(F)F)c2)cs1. The van der Waals surface area contributed by atoms with Crippen LogP contribution in [0.4, 0.5) is 18.3 Å². The number of amides is 1. The Morgan fingerprint density at radius 2 is 2.08 bits per heavy atom. The number of thiazole rings is 1. The highest BCUT2D eigenvalue weighted by Crippen LogP contribution is 2.33. The van der Waals surface area contributed by atoms with E-state index >= 15 is 0 Å². The Bertz CT molecular complexity index is 742. The smallest absolute Gasteiger partial charge is 0.379 e. The van der Waals surface area contributed by atoms with Gasteiger partial charge in [-0.25, -0.2) is 4.98 Å². The van der Waals surface area contributed by atoms with Crippen molar-refractivity contribution in [3.8, 4) is 11.3 Å². The second-order valence-corrected chi connectivity index (χ2v) is 6.41. The summed E-state index contributed by atoms with van der Waals surface area (Å²) in [4.78, 5) is 18.2. The van der Waals surface area contributed by atoms with Gasteiger partial charge in [-0.05, 0) is 12.1 Å². The first-order valence-electron chi connectivity index (χ1n) is 7.65. The van der Waals surface area contributed by atoms with Gasteiger partial charge in [-0.2, -0.15) is 13.2 Å². The molecular formula is C16H16F3N3O2S. The maximum atomic E-state index is 12.8. The number of halogens is 3. The Morgan fingerprint density at radius 3 is 2.80 bits per heavy atom. The van der Waals surface area contributed by atoms with Gasteiger partial charge >= 0.3 is 6.18 Å². The summed E-state index contributed by atoms with van der Waals surface area (Å²) in [5.74, 6) is -0.202. The molecule has 0 saturated carbocycles. The molecule has 1 amide bonds. The number of hydrogen-bond acceptors (Lipinski definition) is 5. The Labute approximate surface area is 146 Å². The van der Waals surface area contributed by atoms with E-state index in [0.717, 1.165) is 12.1 Å². The van der Waals surface area contributed by atoms with Crippen LogP contribution in [0.25, 0.3) is 11.3 Å². The molecule has 1 aliphatic heterocycles. The van der Waals surface area contributed by atoms with Crippen LogP contribution in [-0.2, 0) is 15.7 Å². The van der Waals surface area contributed by atoms with Crippen LogP contribution >= 0.6 is 11.3 Å². The van der Waals surface area contributed by atoms with Crippen LogP contribution in [0.1, 0.15) is 5.56 Å². The number of carbonyl (C=O) groups is 1. The largest absolute Gasteiger partial charge is 0.416 e. The molecular weight excluding hydrogens is 355 g/mol. The minimum absolute atomic E-state index is 0.202.